The summed E-state index contributed by atoms with van der Waals surface area (Å²) in [4.78, 5) is 10.5. The van der Waals surface area contributed by atoms with Gasteiger partial charge in [0.2, 0.25) is 5.82 Å². The van der Waals surface area contributed by atoms with Crippen LogP contribution in [0.15, 0.2) is 24.3 Å². The van der Waals surface area contributed by atoms with Crippen molar-refractivity contribution in [3.05, 3.63) is 45.6 Å². The molecule has 0 aliphatic carbocycles. The highest BCUT2D eigenvalue weighted by atomic mass is 19.4. The molecule has 0 aliphatic heterocycles. The van der Waals surface area contributed by atoms with Crippen molar-refractivity contribution in [1.29, 1.82) is 0 Å². The molecule has 22 heavy (non-hydrogen) atoms. The topological polar surface area (TPSA) is 73.0 Å². The average Bonchev–Trinajstić information content (AvgIpc) is 2.62. The van der Waals surface area contributed by atoms with E-state index in [1.165, 1.54) is 42.9 Å². The average molecular weight is 314 g/mol. The molecular weight excluding hydrogens is 301 g/mol. The number of benzene rings is 1. The number of hydrogen-bond donors (Lipinski definition) is 1. The largest absolute Gasteiger partial charge is 0.393 e. The molecule has 118 valence electrons. The van der Waals surface area contributed by atoms with E-state index in [9.17, 15) is 23.3 Å². The van der Waals surface area contributed by atoms with Gasteiger partial charge in [0.25, 0.3) is 0 Å². The third-order valence-electron chi connectivity index (χ3n) is 2.97. The van der Waals surface area contributed by atoms with Gasteiger partial charge in [-0.1, -0.05) is 12.1 Å². The first kappa shape index (κ1) is 15.8. The van der Waals surface area contributed by atoms with E-state index in [4.69, 9.17) is 0 Å². The molecule has 0 radical (unpaired) electrons. The van der Waals surface area contributed by atoms with Gasteiger partial charge in [-0.25, -0.2) is 4.68 Å². The van der Waals surface area contributed by atoms with Crippen LogP contribution in [0.1, 0.15) is 11.3 Å². The van der Waals surface area contributed by atoms with Crippen LogP contribution in [0, 0.1) is 17.0 Å². The first-order valence-electron chi connectivity index (χ1n) is 6.28. The highest BCUT2D eigenvalue weighted by molar-refractivity contribution is 5.68. The second kappa shape index (κ2) is 5.66. The molecule has 0 saturated carbocycles. The summed E-state index contributed by atoms with van der Waals surface area (Å²) in [6.07, 6.45) is -5.37. The van der Waals surface area contributed by atoms with Crippen LogP contribution in [0.5, 0.6) is 0 Å². The smallest absolute Gasteiger partial charge is 0.335 e. The summed E-state index contributed by atoms with van der Waals surface area (Å²) in [5, 5.41) is 17.8. The highest BCUT2D eigenvalue weighted by Gasteiger charge is 2.28. The predicted octanol–water partition coefficient (Wildman–Crippen LogP) is 3.49. The maximum atomic E-state index is 12.4. The Morgan fingerprint density at radius 2 is 2.09 bits per heavy atom. The number of aromatic nitrogens is 2. The molecule has 0 amide bonds. The van der Waals surface area contributed by atoms with E-state index in [2.05, 4.69) is 10.4 Å². The number of anilines is 2. The molecule has 2 aromatic rings. The van der Waals surface area contributed by atoms with Crippen LogP contribution in [-0.4, -0.2) is 20.9 Å². The van der Waals surface area contributed by atoms with Gasteiger partial charge in [-0.3, -0.25) is 10.1 Å². The molecule has 6 nitrogen and oxygen atoms in total. The monoisotopic (exact) mass is 314 g/mol. The van der Waals surface area contributed by atoms with Crippen molar-refractivity contribution >= 4 is 17.2 Å². The Morgan fingerprint density at radius 3 is 2.68 bits per heavy atom. The Hall–Kier alpha value is -2.58. The lowest BCUT2D eigenvalue weighted by molar-refractivity contribution is -0.384. The van der Waals surface area contributed by atoms with Crippen molar-refractivity contribution in [1.82, 2.24) is 9.78 Å². The van der Waals surface area contributed by atoms with E-state index >= 15 is 0 Å². The van der Waals surface area contributed by atoms with E-state index in [0.717, 1.165) is 0 Å². The summed E-state index contributed by atoms with van der Waals surface area (Å²) in [6, 6.07) is 5.64. The van der Waals surface area contributed by atoms with E-state index in [1.807, 2.05) is 0 Å². The third kappa shape index (κ3) is 3.54. The van der Waals surface area contributed by atoms with Crippen molar-refractivity contribution in [3.63, 3.8) is 0 Å². The zero-order chi connectivity index (χ0) is 16.5. The Bertz CT molecular complexity index is 710. The zero-order valence-electron chi connectivity index (χ0n) is 11.8. The fourth-order valence-corrected chi connectivity index (χ4v) is 2.13. The molecule has 0 unspecified atom stereocenters. The summed E-state index contributed by atoms with van der Waals surface area (Å²) >= 11 is 0. The van der Waals surface area contributed by atoms with Crippen molar-refractivity contribution < 1.29 is 18.1 Å². The third-order valence-corrected chi connectivity index (χ3v) is 2.97. The number of halogens is 3. The highest BCUT2D eigenvalue weighted by Crippen LogP contribution is 2.31. The molecule has 0 atom stereocenters. The van der Waals surface area contributed by atoms with Gasteiger partial charge >= 0.3 is 11.9 Å². The summed E-state index contributed by atoms with van der Waals surface area (Å²) in [5.74, 6) is 0.117. The maximum Gasteiger partial charge on any atom is 0.393 e. The van der Waals surface area contributed by atoms with E-state index < -0.39 is 17.5 Å². The fraction of sp³-hybridized carbons (Fsp3) is 0.308. The lowest BCUT2D eigenvalue weighted by Gasteiger charge is -2.10. The molecule has 2 rings (SSSR count). The number of alkyl halides is 3. The van der Waals surface area contributed by atoms with Gasteiger partial charge in [0.05, 0.1) is 11.3 Å². The number of nitrogens with zero attached hydrogens (tertiary/aromatic N) is 3. The van der Waals surface area contributed by atoms with Gasteiger partial charge in [0.15, 0.2) is 0 Å². The van der Waals surface area contributed by atoms with Crippen molar-refractivity contribution in [2.75, 3.05) is 5.32 Å². The minimum atomic E-state index is -4.31. The number of rotatable bonds is 4. The molecule has 0 spiro atoms. The molecule has 1 N–H and O–H groups in total. The molecule has 1 aromatic heterocycles. The molecule has 0 saturated heterocycles. The molecule has 1 heterocycles. The van der Waals surface area contributed by atoms with Gasteiger partial charge in [-0.2, -0.15) is 18.3 Å². The molecule has 0 aliphatic rings. The van der Waals surface area contributed by atoms with Crippen molar-refractivity contribution in [3.8, 4) is 0 Å². The number of nitro groups is 1. The molecule has 0 bridgehead atoms. The minimum Gasteiger partial charge on any atom is -0.335 e. The number of hydrogen-bond acceptors (Lipinski definition) is 4. The Balaban J connectivity index is 2.32. The van der Waals surface area contributed by atoms with Gasteiger partial charge in [0, 0.05) is 12.7 Å². The first-order valence-corrected chi connectivity index (χ1v) is 6.28. The van der Waals surface area contributed by atoms with Gasteiger partial charge in [-0.15, -0.1) is 0 Å². The fourth-order valence-electron chi connectivity index (χ4n) is 2.13. The second-order valence-corrected chi connectivity index (χ2v) is 4.78. The maximum absolute atomic E-state index is 12.4. The quantitative estimate of drug-likeness (QED) is 0.692. The zero-order valence-corrected chi connectivity index (χ0v) is 11.8. The Labute approximate surface area is 123 Å². The number of nitrogens with one attached hydrogen (secondary N) is 1. The van der Waals surface area contributed by atoms with Crippen molar-refractivity contribution in [2.24, 2.45) is 7.05 Å². The summed E-state index contributed by atoms with van der Waals surface area (Å²) in [7, 11) is 1.52. The van der Waals surface area contributed by atoms with Crippen LogP contribution >= 0.6 is 0 Å². The van der Waals surface area contributed by atoms with Crippen LogP contribution < -0.4 is 5.32 Å². The first-order chi connectivity index (χ1) is 10.2. The molecule has 0 fully saturated rings. The van der Waals surface area contributed by atoms with Gasteiger partial charge < -0.3 is 5.32 Å². The standard InChI is InChI=1S/C13H13F3N4O2/c1-8-11(20(21)22)12(19(2)18-8)17-10-5-3-4-9(6-10)7-13(14,15)16/h3-6,17H,7H2,1-2H3. The number of aryl methyl sites for hydroxylation is 2. The van der Waals surface area contributed by atoms with Crippen LogP contribution in [-0.2, 0) is 13.5 Å². The van der Waals surface area contributed by atoms with E-state index in [-0.39, 0.29) is 22.8 Å². The Kier molecular flexibility index (Phi) is 4.07. The van der Waals surface area contributed by atoms with E-state index in [0.29, 0.717) is 5.69 Å². The van der Waals surface area contributed by atoms with Crippen molar-refractivity contribution in [2.45, 2.75) is 19.5 Å². The lowest BCUT2D eigenvalue weighted by Crippen LogP contribution is -2.11. The predicted molar refractivity (Wildman–Crippen MR) is 74.1 cm³/mol. The van der Waals surface area contributed by atoms with Crippen LogP contribution in [0.4, 0.5) is 30.4 Å². The second-order valence-electron chi connectivity index (χ2n) is 4.78. The normalized spacial score (nSPS) is 11.5. The van der Waals surface area contributed by atoms with Crippen LogP contribution in [0.2, 0.25) is 0 Å². The molecule has 9 heteroatoms. The summed E-state index contributed by atoms with van der Waals surface area (Å²) in [6.45, 7) is 1.49. The van der Waals surface area contributed by atoms with Gasteiger partial charge in [-0.05, 0) is 24.6 Å². The summed E-state index contributed by atoms with van der Waals surface area (Å²) in [5.41, 5.74) is 0.414. The van der Waals surface area contributed by atoms with E-state index in [1.54, 1.807) is 0 Å². The van der Waals surface area contributed by atoms with Gasteiger partial charge in [0.1, 0.15) is 5.69 Å². The minimum absolute atomic E-state index is 0.0686. The molecular formula is C13H13F3N4O2. The van der Waals surface area contributed by atoms with Crippen LogP contribution in [0.3, 0.4) is 0 Å². The summed E-state index contributed by atoms with van der Waals surface area (Å²) < 4.78 is 38.5. The van der Waals surface area contributed by atoms with Crippen LogP contribution in [0.25, 0.3) is 0 Å². The molecule has 1 aromatic carbocycles. The SMILES string of the molecule is Cc1nn(C)c(Nc2cccc(CC(F)(F)F)c2)c1[N+](=O)[O-]. The lowest BCUT2D eigenvalue weighted by atomic mass is 10.1. The Morgan fingerprint density at radius 1 is 1.41 bits per heavy atom.